The van der Waals surface area contributed by atoms with Crippen LogP contribution in [-0.4, -0.2) is 48.9 Å². The standard InChI is InChI=1S/C16H25N3O/c1-13(14-4-6-15(17)7-5-14)12-16(20)19-9-3-8-18(2)10-11-19/h4-7,13H,3,8-12,17H2,1-2H3. The monoisotopic (exact) mass is 275 g/mol. The van der Waals surface area contributed by atoms with Crippen molar-refractivity contribution in [2.45, 2.75) is 25.7 Å². The highest BCUT2D eigenvalue weighted by atomic mass is 16.2. The van der Waals surface area contributed by atoms with Gasteiger partial charge in [0.1, 0.15) is 0 Å². The molecule has 0 aliphatic carbocycles. The third-order valence-corrected chi connectivity index (χ3v) is 4.06. The first kappa shape index (κ1) is 14.9. The molecule has 1 unspecified atom stereocenters. The first-order valence-corrected chi connectivity index (χ1v) is 7.38. The summed E-state index contributed by atoms with van der Waals surface area (Å²) in [6.07, 6.45) is 1.64. The van der Waals surface area contributed by atoms with Crippen LogP contribution in [0.2, 0.25) is 0 Å². The van der Waals surface area contributed by atoms with E-state index in [1.165, 1.54) is 5.56 Å². The molecule has 1 atom stereocenters. The third-order valence-electron chi connectivity index (χ3n) is 4.06. The summed E-state index contributed by atoms with van der Waals surface area (Å²) in [5.74, 6) is 0.508. The van der Waals surface area contributed by atoms with E-state index in [9.17, 15) is 4.79 Å². The average molecular weight is 275 g/mol. The Morgan fingerprint density at radius 1 is 1.20 bits per heavy atom. The van der Waals surface area contributed by atoms with Crippen LogP contribution in [0.4, 0.5) is 5.69 Å². The van der Waals surface area contributed by atoms with Crippen molar-refractivity contribution < 1.29 is 4.79 Å². The van der Waals surface area contributed by atoms with E-state index in [-0.39, 0.29) is 11.8 Å². The fourth-order valence-electron chi connectivity index (χ4n) is 2.63. The summed E-state index contributed by atoms with van der Waals surface area (Å²) in [7, 11) is 2.12. The predicted molar refractivity (Wildman–Crippen MR) is 82.6 cm³/mol. The lowest BCUT2D eigenvalue weighted by Gasteiger charge is -2.22. The van der Waals surface area contributed by atoms with Gasteiger partial charge < -0.3 is 15.5 Å². The van der Waals surface area contributed by atoms with Gasteiger partial charge in [-0.15, -0.1) is 0 Å². The lowest BCUT2D eigenvalue weighted by molar-refractivity contribution is -0.131. The van der Waals surface area contributed by atoms with Crippen molar-refractivity contribution in [3.8, 4) is 0 Å². The zero-order valence-corrected chi connectivity index (χ0v) is 12.5. The van der Waals surface area contributed by atoms with Gasteiger partial charge in [-0.2, -0.15) is 0 Å². The molecule has 4 nitrogen and oxygen atoms in total. The molecule has 110 valence electrons. The summed E-state index contributed by atoms with van der Waals surface area (Å²) < 4.78 is 0. The van der Waals surface area contributed by atoms with Crippen LogP contribution in [-0.2, 0) is 4.79 Å². The van der Waals surface area contributed by atoms with Crippen LogP contribution in [0, 0.1) is 0 Å². The molecule has 0 saturated carbocycles. The molecule has 1 fully saturated rings. The largest absolute Gasteiger partial charge is 0.399 e. The van der Waals surface area contributed by atoms with Gasteiger partial charge in [-0.05, 0) is 43.6 Å². The second kappa shape index (κ2) is 6.75. The third kappa shape index (κ3) is 3.97. The fraction of sp³-hybridized carbons (Fsp3) is 0.562. The number of rotatable bonds is 3. The maximum absolute atomic E-state index is 12.4. The summed E-state index contributed by atoms with van der Waals surface area (Å²) in [5, 5.41) is 0. The van der Waals surface area contributed by atoms with E-state index in [1.54, 1.807) is 0 Å². The molecule has 0 bridgehead atoms. The molecule has 2 N–H and O–H groups in total. The van der Waals surface area contributed by atoms with E-state index in [0.717, 1.165) is 38.3 Å². The highest BCUT2D eigenvalue weighted by molar-refractivity contribution is 5.77. The zero-order chi connectivity index (χ0) is 14.5. The number of likely N-dealkylation sites (N-methyl/N-ethyl adjacent to an activating group) is 1. The topological polar surface area (TPSA) is 49.6 Å². The van der Waals surface area contributed by atoms with Gasteiger partial charge in [-0.1, -0.05) is 19.1 Å². The van der Waals surface area contributed by atoms with Gasteiger partial charge in [-0.3, -0.25) is 4.79 Å². The summed E-state index contributed by atoms with van der Waals surface area (Å²) in [6.45, 7) is 5.90. The lowest BCUT2D eigenvalue weighted by Crippen LogP contribution is -2.35. The Balaban J connectivity index is 1.91. The Labute approximate surface area is 121 Å². The van der Waals surface area contributed by atoms with Crippen LogP contribution >= 0.6 is 0 Å². The van der Waals surface area contributed by atoms with Crippen molar-refractivity contribution in [3.63, 3.8) is 0 Å². The van der Waals surface area contributed by atoms with Crippen molar-refractivity contribution in [1.29, 1.82) is 0 Å². The van der Waals surface area contributed by atoms with Gasteiger partial charge in [0, 0.05) is 31.7 Å². The molecule has 2 rings (SSSR count). The molecule has 20 heavy (non-hydrogen) atoms. The molecule has 0 radical (unpaired) electrons. The summed E-state index contributed by atoms with van der Waals surface area (Å²) in [5.41, 5.74) is 7.64. The van der Waals surface area contributed by atoms with Crippen molar-refractivity contribution in [1.82, 2.24) is 9.80 Å². The maximum atomic E-state index is 12.4. The molecular weight excluding hydrogens is 250 g/mol. The van der Waals surface area contributed by atoms with E-state index in [1.807, 2.05) is 29.2 Å². The molecule has 1 aromatic carbocycles. The number of anilines is 1. The lowest BCUT2D eigenvalue weighted by atomic mass is 9.97. The molecule has 1 saturated heterocycles. The maximum Gasteiger partial charge on any atom is 0.223 e. The molecular formula is C16H25N3O. The van der Waals surface area contributed by atoms with E-state index in [4.69, 9.17) is 5.73 Å². The van der Waals surface area contributed by atoms with Crippen LogP contribution < -0.4 is 5.73 Å². The number of carbonyl (C=O) groups is 1. The zero-order valence-electron chi connectivity index (χ0n) is 12.5. The second-order valence-electron chi connectivity index (χ2n) is 5.81. The predicted octanol–water partition coefficient (Wildman–Crippen LogP) is 1.93. The Bertz CT molecular complexity index is 444. The quantitative estimate of drug-likeness (QED) is 0.858. The summed E-state index contributed by atoms with van der Waals surface area (Å²) >= 11 is 0. The normalized spacial score (nSPS) is 18.6. The van der Waals surface area contributed by atoms with Crippen LogP contribution in [0.25, 0.3) is 0 Å². The van der Waals surface area contributed by atoms with Crippen LogP contribution in [0.3, 0.4) is 0 Å². The number of hydrogen-bond acceptors (Lipinski definition) is 3. The average Bonchev–Trinajstić information content (AvgIpc) is 2.64. The number of nitrogens with zero attached hydrogens (tertiary/aromatic N) is 2. The molecule has 4 heteroatoms. The smallest absolute Gasteiger partial charge is 0.223 e. The van der Waals surface area contributed by atoms with E-state index >= 15 is 0 Å². The van der Waals surface area contributed by atoms with Crippen molar-refractivity contribution >= 4 is 11.6 Å². The minimum absolute atomic E-state index is 0.240. The number of nitrogens with two attached hydrogens (primary N) is 1. The van der Waals surface area contributed by atoms with Gasteiger partial charge in [-0.25, -0.2) is 0 Å². The molecule has 1 aromatic rings. The SMILES string of the molecule is CC(CC(=O)N1CCCN(C)CC1)c1ccc(N)cc1. The number of carbonyl (C=O) groups excluding carboxylic acids is 1. The minimum atomic E-state index is 0.240. The van der Waals surface area contributed by atoms with Crippen molar-refractivity contribution in [2.75, 3.05) is 39.0 Å². The van der Waals surface area contributed by atoms with Gasteiger partial charge in [0.15, 0.2) is 0 Å². The molecule has 1 aliphatic heterocycles. The molecule has 0 aromatic heterocycles. The highest BCUT2D eigenvalue weighted by Gasteiger charge is 2.19. The van der Waals surface area contributed by atoms with Crippen molar-refractivity contribution in [3.05, 3.63) is 29.8 Å². The minimum Gasteiger partial charge on any atom is -0.399 e. The van der Waals surface area contributed by atoms with E-state index in [0.29, 0.717) is 6.42 Å². The number of benzene rings is 1. The Morgan fingerprint density at radius 2 is 1.90 bits per heavy atom. The molecule has 1 amide bonds. The molecule has 1 heterocycles. The van der Waals surface area contributed by atoms with Gasteiger partial charge in [0.05, 0.1) is 0 Å². The second-order valence-corrected chi connectivity index (χ2v) is 5.81. The Hall–Kier alpha value is -1.55. The highest BCUT2D eigenvalue weighted by Crippen LogP contribution is 2.21. The number of nitrogen functional groups attached to an aromatic ring is 1. The Morgan fingerprint density at radius 3 is 2.60 bits per heavy atom. The fourth-order valence-corrected chi connectivity index (χ4v) is 2.63. The van der Waals surface area contributed by atoms with Gasteiger partial charge in [0.2, 0.25) is 5.91 Å². The molecule has 1 aliphatic rings. The Kier molecular flexibility index (Phi) is 5.01. The summed E-state index contributed by atoms with van der Waals surface area (Å²) in [6, 6.07) is 7.83. The summed E-state index contributed by atoms with van der Waals surface area (Å²) in [4.78, 5) is 16.7. The molecule has 0 spiro atoms. The van der Waals surface area contributed by atoms with E-state index < -0.39 is 0 Å². The van der Waals surface area contributed by atoms with Crippen molar-refractivity contribution in [2.24, 2.45) is 0 Å². The number of hydrogen-bond donors (Lipinski definition) is 1. The van der Waals surface area contributed by atoms with Gasteiger partial charge >= 0.3 is 0 Å². The first-order valence-electron chi connectivity index (χ1n) is 7.38. The van der Waals surface area contributed by atoms with Crippen LogP contribution in [0.1, 0.15) is 31.2 Å². The van der Waals surface area contributed by atoms with Crippen LogP contribution in [0.5, 0.6) is 0 Å². The number of amides is 1. The first-order chi connectivity index (χ1) is 9.56. The van der Waals surface area contributed by atoms with E-state index in [2.05, 4.69) is 18.9 Å². The van der Waals surface area contributed by atoms with Gasteiger partial charge in [0.25, 0.3) is 0 Å². The van der Waals surface area contributed by atoms with Crippen LogP contribution in [0.15, 0.2) is 24.3 Å².